The molecule has 1 aliphatic heterocycles. The van der Waals surface area contributed by atoms with E-state index < -0.39 is 0 Å². The summed E-state index contributed by atoms with van der Waals surface area (Å²) in [6.45, 7) is 2.94. The number of pyridine rings is 1. The molecule has 3 amide bonds. The standard InChI is InChI=1S/C19H23N5O2/c1-2-18(25)21-15-11-12-24(13-15)19(26)23-17-10-6-9-16(22-17)20-14-7-4-3-5-8-14/h3-10,15H,2,11-13H2,1H3,(H,21,25)(H2,20,22,23,26). The Morgan fingerprint density at radius 2 is 1.88 bits per heavy atom. The van der Waals surface area contributed by atoms with Crippen LogP contribution in [0.2, 0.25) is 0 Å². The van der Waals surface area contributed by atoms with Crippen LogP contribution < -0.4 is 16.0 Å². The number of para-hydroxylation sites is 1. The molecule has 7 nitrogen and oxygen atoms in total. The lowest BCUT2D eigenvalue weighted by Gasteiger charge is -2.17. The number of nitrogens with zero attached hydrogens (tertiary/aromatic N) is 2. The van der Waals surface area contributed by atoms with E-state index in [1.165, 1.54) is 0 Å². The van der Waals surface area contributed by atoms with Crippen molar-refractivity contribution in [2.24, 2.45) is 0 Å². The van der Waals surface area contributed by atoms with Crippen molar-refractivity contribution in [3.8, 4) is 0 Å². The summed E-state index contributed by atoms with van der Waals surface area (Å²) in [5.74, 6) is 1.15. The average molecular weight is 353 g/mol. The molecule has 1 saturated heterocycles. The predicted octanol–water partition coefficient (Wildman–Crippen LogP) is 2.96. The SMILES string of the molecule is CCC(=O)NC1CCN(C(=O)Nc2cccc(Nc3ccccc3)n2)C1. The van der Waals surface area contributed by atoms with E-state index in [2.05, 4.69) is 20.9 Å². The van der Waals surface area contributed by atoms with Gasteiger partial charge in [0.2, 0.25) is 5.91 Å². The molecule has 1 aliphatic rings. The number of carbonyl (C=O) groups excluding carboxylic acids is 2. The maximum Gasteiger partial charge on any atom is 0.323 e. The molecule has 136 valence electrons. The number of hydrogen-bond donors (Lipinski definition) is 3. The van der Waals surface area contributed by atoms with E-state index in [1.807, 2.05) is 49.4 Å². The molecule has 7 heteroatoms. The number of benzene rings is 1. The third-order valence-electron chi connectivity index (χ3n) is 4.19. The van der Waals surface area contributed by atoms with Crippen LogP contribution in [0, 0.1) is 0 Å². The minimum atomic E-state index is -0.206. The third-order valence-corrected chi connectivity index (χ3v) is 4.19. The topological polar surface area (TPSA) is 86.4 Å². The first-order chi connectivity index (χ1) is 12.6. The largest absolute Gasteiger partial charge is 0.352 e. The molecule has 1 fully saturated rings. The van der Waals surface area contributed by atoms with Crippen molar-refractivity contribution in [1.29, 1.82) is 0 Å². The van der Waals surface area contributed by atoms with Crippen LogP contribution in [0.4, 0.5) is 22.1 Å². The van der Waals surface area contributed by atoms with Crippen LogP contribution in [0.25, 0.3) is 0 Å². The van der Waals surface area contributed by atoms with Gasteiger partial charge in [-0.15, -0.1) is 0 Å². The van der Waals surface area contributed by atoms with Gasteiger partial charge in [0.05, 0.1) is 0 Å². The fourth-order valence-corrected chi connectivity index (χ4v) is 2.82. The van der Waals surface area contributed by atoms with Crippen LogP contribution in [-0.4, -0.2) is 41.0 Å². The molecule has 1 atom stereocenters. The van der Waals surface area contributed by atoms with E-state index in [9.17, 15) is 9.59 Å². The number of carbonyl (C=O) groups is 2. The Balaban J connectivity index is 1.56. The molecular weight excluding hydrogens is 330 g/mol. The van der Waals surface area contributed by atoms with Gasteiger partial charge in [0, 0.05) is 31.2 Å². The summed E-state index contributed by atoms with van der Waals surface area (Å²) in [6.07, 6.45) is 1.22. The monoisotopic (exact) mass is 353 g/mol. The zero-order valence-corrected chi connectivity index (χ0v) is 14.7. The minimum absolute atomic E-state index is 0.0126. The van der Waals surface area contributed by atoms with Gasteiger partial charge >= 0.3 is 6.03 Å². The molecule has 0 bridgehead atoms. The first kappa shape index (κ1) is 17.7. The maximum atomic E-state index is 12.4. The smallest absolute Gasteiger partial charge is 0.323 e. The van der Waals surface area contributed by atoms with Crippen LogP contribution >= 0.6 is 0 Å². The molecule has 1 aromatic heterocycles. The minimum Gasteiger partial charge on any atom is -0.352 e. The van der Waals surface area contributed by atoms with Crippen molar-refractivity contribution in [3.05, 3.63) is 48.5 Å². The summed E-state index contributed by atoms with van der Waals surface area (Å²) in [7, 11) is 0. The molecule has 3 rings (SSSR count). The zero-order valence-electron chi connectivity index (χ0n) is 14.7. The predicted molar refractivity (Wildman–Crippen MR) is 101 cm³/mol. The second-order valence-corrected chi connectivity index (χ2v) is 6.18. The van der Waals surface area contributed by atoms with Crippen molar-refractivity contribution < 1.29 is 9.59 Å². The number of hydrogen-bond acceptors (Lipinski definition) is 4. The zero-order chi connectivity index (χ0) is 18.4. The number of rotatable bonds is 5. The van der Waals surface area contributed by atoms with Crippen LogP contribution in [0.3, 0.4) is 0 Å². The Labute approximate surface area is 152 Å². The number of likely N-dealkylation sites (tertiary alicyclic amines) is 1. The quantitative estimate of drug-likeness (QED) is 0.771. The van der Waals surface area contributed by atoms with Gasteiger partial charge in [0.15, 0.2) is 0 Å². The van der Waals surface area contributed by atoms with Crippen LogP contribution in [0.15, 0.2) is 48.5 Å². The van der Waals surface area contributed by atoms with Crippen LogP contribution in [0.5, 0.6) is 0 Å². The molecule has 1 unspecified atom stereocenters. The normalized spacial score (nSPS) is 16.2. The molecule has 0 spiro atoms. The summed E-state index contributed by atoms with van der Waals surface area (Å²) in [5.41, 5.74) is 0.928. The average Bonchev–Trinajstić information content (AvgIpc) is 3.11. The highest BCUT2D eigenvalue weighted by Crippen LogP contribution is 2.17. The van der Waals surface area contributed by atoms with E-state index in [1.54, 1.807) is 11.0 Å². The number of amides is 3. The molecule has 2 heterocycles. The Morgan fingerprint density at radius 1 is 1.12 bits per heavy atom. The number of urea groups is 1. The van der Waals surface area contributed by atoms with Crippen molar-refractivity contribution in [3.63, 3.8) is 0 Å². The van der Waals surface area contributed by atoms with Gasteiger partial charge in [-0.2, -0.15) is 0 Å². The summed E-state index contributed by atoms with van der Waals surface area (Å²) in [6, 6.07) is 15.0. The van der Waals surface area contributed by atoms with Crippen LogP contribution in [-0.2, 0) is 4.79 Å². The Morgan fingerprint density at radius 3 is 2.65 bits per heavy atom. The van der Waals surface area contributed by atoms with Gasteiger partial charge in [0.1, 0.15) is 11.6 Å². The molecule has 0 aliphatic carbocycles. The lowest BCUT2D eigenvalue weighted by molar-refractivity contribution is -0.121. The van der Waals surface area contributed by atoms with E-state index >= 15 is 0 Å². The van der Waals surface area contributed by atoms with Gasteiger partial charge in [-0.3, -0.25) is 10.1 Å². The fourth-order valence-electron chi connectivity index (χ4n) is 2.82. The lowest BCUT2D eigenvalue weighted by atomic mass is 10.2. The Hall–Kier alpha value is -3.09. The Kier molecular flexibility index (Phi) is 5.68. The number of aromatic nitrogens is 1. The highest BCUT2D eigenvalue weighted by molar-refractivity contribution is 5.89. The number of nitrogens with one attached hydrogen (secondary N) is 3. The van der Waals surface area contributed by atoms with E-state index in [0.717, 1.165) is 12.1 Å². The molecular formula is C19H23N5O2. The van der Waals surface area contributed by atoms with E-state index in [4.69, 9.17) is 0 Å². The summed E-state index contributed by atoms with van der Waals surface area (Å²) < 4.78 is 0. The van der Waals surface area contributed by atoms with Gasteiger partial charge in [0.25, 0.3) is 0 Å². The first-order valence-corrected chi connectivity index (χ1v) is 8.78. The van der Waals surface area contributed by atoms with Crippen molar-refractivity contribution in [2.45, 2.75) is 25.8 Å². The van der Waals surface area contributed by atoms with Crippen molar-refractivity contribution in [2.75, 3.05) is 23.7 Å². The summed E-state index contributed by atoms with van der Waals surface area (Å²) in [5, 5.41) is 8.95. The molecule has 26 heavy (non-hydrogen) atoms. The van der Waals surface area contributed by atoms with Crippen molar-refractivity contribution >= 4 is 29.3 Å². The number of anilines is 3. The fraction of sp³-hybridized carbons (Fsp3) is 0.316. The van der Waals surface area contributed by atoms with Gasteiger partial charge in [-0.05, 0) is 30.7 Å². The first-order valence-electron chi connectivity index (χ1n) is 8.78. The Bertz CT molecular complexity index is 766. The van der Waals surface area contributed by atoms with E-state index in [0.29, 0.717) is 31.1 Å². The molecule has 0 saturated carbocycles. The summed E-state index contributed by atoms with van der Waals surface area (Å²) in [4.78, 5) is 30.0. The van der Waals surface area contributed by atoms with Crippen LogP contribution in [0.1, 0.15) is 19.8 Å². The third kappa shape index (κ3) is 4.72. The molecule has 3 N–H and O–H groups in total. The molecule has 0 radical (unpaired) electrons. The maximum absolute atomic E-state index is 12.4. The van der Waals surface area contributed by atoms with E-state index in [-0.39, 0.29) is 18.0 Å². The highest BCUT2D eigenvalue weighted by atomic mass is 16.2. The lowest BCUT2D eigenvalue weighted by Crippen LogP contribution is -2.39. The van der Waals surface area contributed by atoms with Crippen molar-refractivity contribution in [1.82, 2.24) is 15.2 Å². The van der Waals surface area contributed by atoms with Gasteiger partial charge in [-0.25, -0.2) is 9.78 Å². The molecule has 2 aromatic rings. The second kappa shape index (κ2) is 8.33. The second-order valence-electron chi connectivity index (χ2n) is 6.18. The van der Waals surface area contributed by atoms with Gasteiger partial charge < -0.3 is 15.5 Å². The molecule has 1 aromatic carbocycles. The highest BCUT2D eigenvalue weighted by Gasteiger charge is 2.27. The summed E-state index contributed by atoms with van der Waals surface area (Å²) >= 11 is 0. The van der Waals surface area contributed by atoms with Gasteiger partial charge in [-0.1, -0.05) is 31.2 Å².